The molecule has 0 atom stereocenters. The molecule has 0 aromatic carbocycles. The Bertz CT molecular complexity index is 10.8. The zero-order chi connectivity index (χ0) is 0. The standard InChI is InChI=1S/Be.Mg.3Se.Zn/q2*+2;3*-2;+2. The second-order valence-electron chi connectivity index (χ2n) is 0. The largest absolute Gasteiger partial charge is 2.00 e. The van der Waals surface area contributed by atoms with E-state index in [0.717, 1.165) is 0 Å². The van der Waals surface area contributed by atoms with Crippen LogP contribution in [0.25, 0.3) is 0 Å². The monoisotopic (exact) mass is 337 g/mol. The SMILES string of the molecule is [Be+2].[Mg+2].[Se-2].[Se-2].[Se-2].[Zn+2]. The average Bonchev–Trinajstić information content (AvgIpc) is 0. The van der Waals surface area contributed by atoms with Gasteiger partial charge in [-0.05, 0) is 0 Å². The molecule has 0 heterocycles. The van der Waals surface area contributed by atoms with Gasteiger partial charge in [0.05, 0.1) is 0 Å². The predicted molar refractivity (Wildman–Crippen MR) is 28.8 cm³/mol. The quantitative estimate of drug-likeness (QED) is 0.454. The first-order valence-corrected chi connectivity index (χ1v) is 0. The van der Waals surface area contributed by atoms with Crippen molar-refractivity contribution < 1.29 is 19.5 Å². The summed E-state index contributed by atoms with van der Waals surface area (Å²) in [4.78, 5) is 0. The molecule has 0 rings (SSSR count). The molecule has 0 aliphatic rings. The molecular weight excluding hydrogens is 336 g/mol. The van der Waals surface area contributed by atoms with Crippen LogP contribution in [0.3, 0.4) is 0 Å². The molecular formula is BeMgSe3Zn. The van der Waals surface area contributed by atoms with E-state index in [1.54, 1.807) is 0 Å². The molecule has 0 spiro atoms. The molecule has 6 heavy (non-hydrogen) atoms. The van der Waals surface area contributed by atoms with E-state index < -0.39 is 0 Å². The van der Waals surface area contributed by atoms with E-state index in [1.165, 1.54) is 0 Å². The maximum Gasteiger partial charge on any atom is 2.00 e. The van der Waals surface area contributed by atoms with Crippen LogP contribution in [-0.2, 0) is 19.5 Å². The summed E-state index contributed by atoms with van der Waals surface area (Å²) < 4.78 is 0. The van der Waals surface area contributed by atoms with Crippen LogP contribution in [0, 0.1) is 0 Å². The number of hydrogen-bond acceptors (Lipinski definition) is 0. The van der Waals surface area contributed by atoms with Crippen molar-refractivity contribution in [3.8, 4) is 0 Å². The second kappa shape index (κ2) is 42.3. The summed E-state index contributed by atoms with van der Waals surface area (Å²) in [5, 5.41) is 0. The fourth-order valence-electron chi connectivity index (χ4n) is 0. The van der Waals surface area contributed by atoms with Crippen molar-refractivity contribution in [2.75, 3.05) is 0 Å². The smallest absolute Gasteiger partial charge is 2.00 e. The van der Waals surface area contributed by atoms with E-state index in [9.17, 15) is 0 Å². The minimum Gasteiger partial charge on any atom is -2.00 e. The van der Waals surface area contributed by atoms with Gasteiger partial charge in [0.1, 0.15) is 0 Å². The predicted octanol–water partition coefficient (Wildman–Crippen LogP) is -1.91. The Morgan fingerprint density at radius 1 is 0.667 bits per heavy atom. The van der Waals surface area contributed by atoms with Crippen molar-refractivity contribution in [3.05, 3.63) is 0 Å². The molecule has 0 saturated carbocycles. The minimum atomic E-state index is 0. The maximum atomic E-state index is 0. The zero-order valence-corrected chi connectivity index (χ0v) is 12.9. The molecule has 0 aliphatic carbocycles. The molecule has 0 unspecified atom stereocenters. The molecule has 0 radical (unpaired) electrons. The van der Waals surface area contributed by atoms with Crippen molar-refractivity contribution in [3.63, 3.8) is 0 Å². The van der Waals surface area contributed by atoms with Crippen LogP contribution in [0.4, 0.5) is 0 Å². The van der Waals surface area contributed by atoms with Gasteiger partial charge < -0.3 is 51.2 Å². The van der Waals surface area contributed by atoms with Crippen molar-refractivity contribution in [1.29, 1.82) is 0 Å². The topological polar surface area (TPSA) is 0 Å². The maximum absolute atomic E-state index is 0. The van der Waals surface area contributed by atoms with Crippen LogP contribution >= 0.6 is 0 Å². The fourth-order valence-corrected chi connectivity index (χ4v) is 0. The van der Waals surface area contributed by atoms with E-state index in [2.05, 4.69) is 0 Å². The van der Waals surface area contributed by atoms with Crippen LogP contribution in [0.1, 0.15) is 0 Å². The van der Waals surface area contributed by atoms with E-state index >= 15 is 0 Å². The van der Waals surface area contributed by atoms with Crippen molar-refractivity contribution >= 4 is 84.4 Å². The van der Waals surface area contributed by atoms with Gasteiger partial charge >= 0.3 is 52.7 Å². The van der Waals surface area contributed by atoms with Gasteiger partial charge in [0.2, 0.25) is 0 Å². The first kappa shape index (κ1) is 61.8. The molecule has 0 fully saturated rings. The Kier molecular flexibility index (Phi) is 436. The van der Waals surface area contributed by atoms with E-state index in [1.807, 2.05) is 0 Å². The van der Waals surface area contributed by atoms with Crippen molar-refractivity contribution in [2.24, 2.45) is 0 Å². The molecule has 0 bridgehead atoms. The van der Waals surface area contributed by atoms with Crippen molar-refractivity contribution in [1.82, 2.24) is 0 Å². The third kappa shape index (κ3) is 27.4. The normalized spacial score (nSPS) is 0. The van der Waals surface area contributed by atoms with Crippen LogP contribution in [0.2, 0.25) is 0 Å². The number of rotatable bonds is 0. The first-order valence-electron chi connectivity index (χ1n) is 0. The summed E-state index contributed by atoms with van der Waals surface area (Å²) >= 11 is 0. The Hall–Kier alpha value is 3.12. The fraction of sp³-hybridized carbons (Fsp3) is 0. The molecule has 24 valence electrons. The van der Waals surface area contributed by atoms with Crippen LogP contribution in [-0.4, -0.2) is 84.4 Å². The van der Waals surface area contributed by atoms with Gasteiger partial charge in [-0.25, -0.2) is 0 Å². The molecule has 0 nitrogen and oxygen atoms in total. The van der Waals surface area contributed by atoms with Crippen LogP contribution < -0.4 is 0 Å². The molecule has 0 N–H and O–H groups in total. The summed E-state index contributed by atoms with van der Waals surface area (Å²) in [7, 11) is 0. The van der Waals surface area contributed by atoms with Gasteiger partial charge in [-0.1, -0.05) is 0 Å². The minimum absolute atomic E-state index is 0. The summed E-state index contributed by atoms with van der Waals surface area (Å²) in [5.41, 5.74) is 0. The Balaban J connectivity index is 0. The summed E-state index contributed by atoms with van der Waals surface area (Å²) in [6.45, 7) is 0. The first-order chi connectivity index (χ1) is 0. The van der Waals surface area contributed by atoms with Crippen LogP contribution in [0.5, 0.6) is 0 Å². The van der Waals surface area contributed by atoms with E-state index in [4.69, 9.17) is 0 Å². The third-order valence-electron chi connectivity index (χ3n) is 0. The van der Waals surface area contributed by atoms with Gasteiger partial charge in [0.15, 0.2) is 0 Å². The van der Waals surface area contributed by atoms with Crippen LogP contribution in [0.15, 0.2) is 0 Å². The summed E-state index contributed by atoms with van der Waals surface area (Å²) in [6.07, 6.45) is 0. The molecule has 0 amide bonds. The Morgan fingerprint density at radius 3 is 0.667 bits per heavy atom. The average molecular weight is 336 g/mol. The van der Waals surface area contributed by atoms with Crippen molar-refractivity contribution in [2.45, 2.75) is 0 Å². The molecule has 6 heteroatoms. The van der Waals surface area contributed by atoms with Gasteiger partial charge in [-0.2, -0.15) is 0 Å². The zero-order valence-electron chi connectivity index (χ0n) is 3.35. The molecule has 0 aromatic heterocycles. The molecule has 0 saturated heterocycles. The summed E-state index contributed by atoms with van der Waals surface area (Å²) in [6, 6.07) is 0. The molecule has 0 aromatic rings. The molecule has 0 aliphatic heterocycles. The Morgan fingerprint density at radius 2 is 0.667 bits per heavy atom. The summed E-state index contributed by atoms with van der Waals surface area (Å²) in [5.74, 6) is 0. The van der Waals surface area contributed by atoms with Gasteiger partial charge in [0.25, 0.3) is 0 Å². The van der Waals surface area contributed by atoms with E-state index in [0.29, 0.717) is 0 Å². The second-order valence-corrected chi connectivity index (χ2v) is 0. The third-order valence-corrected chi connectivity index (χ3v) is 0. The van der Waals surface area contributed by atoms with Gasteiger partial charge in [-0.3, -0.25) is 0 Å². The number of hydrogen-bond donors (Lipinski definition) is 0. The van der Waals surface area contributed by atoms with E-state index in [-0.39, 0.29) is 104 Å². The Labute approximate surface area is 102 Å². The van der Waals surface area contributed by atoms with Gasteiger partial charge in [-0.15, -0.1) is 0 Å². The van der Waals surface area contributed by atoms with Gasteiger partial charge in [0, 0.05) is 0 Å².